The number of rotatable bonds is 7. The van der Waals surface area contributed by atoms with Gasteiger partial charge in [0, 0.05) is 25.2 Å². The number of hydrogen-bond donors (Lipinski definition) is 3. The molecule has 0 aliphatic rings. The highest BCUT2D eigenvalue weighted by Crippen LogP contribution is 2.10. The van der Waals surface area contributed by atoms with Gasteiger partial charge in [-0.15, -0.1) is 0 Å². The summed E-state index contributed by atoms with van der Waals surface area (Å²) in [5.74, 6) is -2.39. The molecule has 0 aliphatic carbocycles. The molecule has 0 atom stereocenters. The fraction of sp³-hybridized carbons (Fsp3) is 0.0870. The van der Waals surface area contributed by atoms with Crippen LogP contribution in [0.4, 0.5) is 4.39 Å². The van der Waals surface area contributed by atoms with Crippen LogP contribution in [-0.2, 0) is 13.1 Å². The van der Waals surface area contributed by atoms with Gasteiger partial charge in [0.1, 0.15) is 17.2 Å². The lowest BCUT2D eigenvalue weighted by atomic mass is 10.1. The predicted octanol–water partition coefficient (Wildman–Crippen LogP) is 2.43. The van der Waals surface area contributed by atoms with Crippen molar-refractivity contribution in [3.8, 4) is 0 Å². The third-order valence-electron chi connectivity index (χ3n) is 4.84. The molecule has 2 amide bonds. The number of amides is 2. The minimum Gasteiger partial charge on any atom is -0.478 e. The highest BCUT2D eigenvalue weighted by Gasteiger charge is 2.17. The van der Waals surface area contributed by atoms with Crippen LogP contribution in [0.15, 0.2) is 66.9 Å². The molecule has 4 rings (SSSR count). The van der Waals surface area contributed by atoms with Gasteiger partial charge in [-0.25, -0.2) is 18.7 Å². The molecule has 2 heterocycles. The van der Waals surface area contributed by atoms with Crippen LogP contribution in [0.1, 0.15) is 42.5 Å². The molecule has 0 saturated carbocycles. The Morgan fingerprint density at radius 2 is 1.48 bits per heavy atom. The molecule has 166 valence electrons. The van der Waals surface area contributed by atoms with Crippen LogP contribution >= 0.6 is 0 Å². The Kier molecular flexibility index (Phi) is 6.07. The minimum atomic E-state index is -1.03. The van der Waals surface area contributed by atoms with Gasteiger partial charge in [0.15, 0.2) is 5.65 Å². The maximum absolute atomic E-state index is 13.0. The lowest BCUT2D eigenvalue weighted by Gasteiger charge is -2.10. The Hall–Kier alpha value is -4.60. The van der Waals surface area contributed by atoms with E-state index in [2.05, 4.69) is 20.7 Å². The molecule has 9 nitrogen and oxygen atoms in total. The third kappa shape index (κ3) is 5.01. The van der Waals surface area contributed by atoms with Gasteiger partial charge in [-0.3, -0.25) is 9.59 Å². The van der Waals surface area contributed by atoms with Crippen LogP contribution in [0.25, 0.3) is 5.65 Å². The molecule has 0 unspecified atom stereocenters. The first kappa shape index (κ1) is 21.6. The summed E-state index contributed by atoms with van der Waals surface area (Å²) in [7, 11) is 0. The molecule has 4 aromatic rings. The lowest BCUT2D eigenvalue weighted by Crippen LogP contribution is -2.28. The van der Waals surface area contributed by atoms with E-state index in [4.69, 9.17) is 5.11 Å². The summed E-state index contributed by atoms with van der Waals surface area (Å²) in [5.41, 5.74) is 2.02. The average Bonchev–Trinajstić information content (AvgIpc) is 3.30. The van der Waals surface area contributed by atoms with E-state index in [1.807, 2.05) is 0 Å². The first-order chi connectivity index (χ1) is 15.9. The van der Waals surface area contributed by atoms with E-state index in [1.54, 1.807) is 30.3 Å². The normalized spacial score (nSPS) is 10.7. The number of carbonyl (C=O) groups excluding carboxylic acids is 2. The Balaban J connectivity index is 1.49. The van der Waals surface area contributed by atoms with Crippen molar-refractivity contribution in [2.45, 2.75) is 13.1 Å². The number of benzene rings is 2. The first-order valence-electron chi connectivity index (χ1n) is 9.88. The van der Waals surface area contributed by atoms with Crippen molar-refractivity contribution in [2.24, 2.45) is 0 Å². The second kappa shape index (κ2) is 9.27. The molecule has 0 bridgehead atoms. The second-order valence-corrected chi connectivity index (χ2v) is 7.12. The predicted molar refractivity (Wildman–Crippen MR) is 115 cm³/mol. The summed E-state index contributed by atoms with van der Waals surface area (Å²) >= 11 is 0. The molecule has 2 aromatic carbocycles. The summed E-state index contributed by atoms with van der Waals surface area (Å²) in [4.78, 5) is 40.7. The zero-order valence-electron chi connectivity index (χ0n) is 17.2. The van der Waals surface area contributed by atoms with Crippen LogP contribution in [0, 0.1) is 5.82 Å². The number of carbonyl (C=O) groups is 3. The fourth-order valence-corrected chi connectivity index (χ4v) is 3.10. The molecule has 10 heteroatoms. The number of nitrogens with zero attached hydrogens (tertiary/aromatic N) is 3. The van der Waals surface area contributed by atoms with E-state index in [0.717, 1.165) is 0 Å². The van der Waals surface area contributed by atoms with Crippen molar-refractivity contribution >= 4 is 23.4 Å². The van der Waals surface area contributed by atoms with Crippen molar-refractivity contribution < 1.29 is 23.9 Å². The largest absolute Gasteiger partial charge is 0.478 e. The van der Waals surface area contributed by atoms with Gasteiger partial charge in [0.2, 0.25) is 0 Å². The van der Waals surface area contributed by atoms with Gasteiger partial charge in [-0.1, -0.05) is 24.3 Å². The van der Waals surface area contributed by atoms with Crippen LogP contribution in [-0.4, -0.2) is 37.5 Å². The molecule has 0 aliphatic heterocycles. The summed E-state index contributed by atoms with van der Waals surface area (Å²) in [6, 6.07) is 14.7. The number of carboxylic acids is 1. The maximum atomic E-state index is 13.0. The van der Waals surface area contributed by atoms with E-state index >= 15 is 0 Å². The van der Waals surface area contributed by atoms with E-state index < -0.39 is 17.8 Å². The van der Waals surface area contributed by atoms with E-state index in [1.165, 1.54) is 41.0 Å². The molecular weight excluding hydrogens is 429 g/mol. The van der Waals surface area contributed by atoms with Crippen LogP contribution < -0.4 is 10.6 Å². The fourth-order valence-electron chi connectivity index (χ4n) is 3.10. The van der Waals surface area contributed by atoms with Gasteiger partial charge in [-0.05, 0) is 35.4 Å². The third-order valence-corrected chi connectivity index (χ3v) is 4.84. The maximum Gasteiger partial charge on any atom is 0.335 e. The zero-order valence-corrected chi connectivity index (χ0v) is 17.2. The number of halogens is 1. The number of nitrogens with one attached hydrogen (secondary N) is 2. The highest BCUT2D eigenvalue weighted by molar-refractivity contribution is 5.98. The van der Waals surface area contributed by atoms with E-state index in [9.17, 15) is 18.8 Å². The first-order valence-corrected chi connectivity index (χ1v) is 9.88. The molecule has 0 saturated heterocycles. The number of fused-ring (bicyclic) bond motifs is 1. The molecule has 2 aromatic heterocycles. The summed E-state index contributed by atoms with van der Waals surface area (Å²) in [5, 5.41) is 18.5. The van der Waals surface area contributed by atoms with E-state index in [0.29, 0.717) is 16.8 Å². The molecule has 0 spiro atoms. The molecule has 0 fully saturated rings. The van der Waals surface area contributed by atoms with Crippen molar-refractivity contribution in [1.29, 1.82) is 0 Å². The van der Waals surface area contributed by atoms with Gasteiger partial charge < -0.3 is 15.7 Å². The Bertz CT molecular complexity index is 1330. The summed E-state index contributed by atoms with van der Waals surface area (Å²) < 4.78 is 14.4. The van der Waals surface area contributed by atoms with Gasteiger partial charge >= 0.3 is 5.97 Å². The van der Waals surface area contributed by atoms with Crippen LogP contribution in [0.5, 0.6) is 0 Å². The number of carboxylic acid groups (broad SMARTS) is 1. The molecule has 3 N–H and O–H groups in total. The monoisotopic (exact) mass is 447 g/mol. The van der Waals surface area contributed by atoms with Crippen molar-refractivity contribution in [3.05, 3.63) is 101 Å². The second-order valence-electron chi connectivity index (χ2n) is 7.12. The molecular formula is C23H18FN5O4. The summed E-state index contributed by atoms with van der Waals surface area (Å²) in [6.45, 7) is 0.315. The van der Waals surface area contributed by atoms with Crippen molar-refractivity contribution in [3.63, 3.8) is 0 Å². The van der Waals surface area contributed by atoms with Gasteiger partial charge in [0.05, 0.1) is 11.8 Å². The molecule has 0 radical (unpaired) electrons. The Morgan fingerprint density at radius 3 is 2.12 bits per heavy atom. The van der Waals surface area contributed by atoms with E-state index in [-0.39, 0.29) is 35.9 Å². The van der Waals surface area contributed by atoms with Gasteiger partial charge in [0.25, 0.3) is 11.8 Å². The number of hydrogen-bond acceptors (Lipinski definition) is 5. The highest BCUT2D eigenvalue weighted by atomic mass is 19.1. The quantitative estimate of drug-likeness (QED) is 0.400. The number of aromatic carboxylic acids is 1. The lowest BCUT2D eigenvalue weighted by molar-refractivity contribution is 0.0696. The zero-order chi connectivity index (χ0) is 23.4. The topological polar surface area (TPSA) is 126 Å². The van der Waals surface area contributed by atoms with Crippen LogP contribution in [0.3, 0.4) is 0 Å². The Morgan fingerprint density at radius 1 is 0.879 bits per heavy atom. The van der Waals surface area contributed by atoms with Crippen molar-refractivity contribution in [2.75, 3.05) is 0 Å². The molecule has 33 heavy (non-hydrogen) atoms. The minimum absolute atomic E-state index is 0.0288. The van der Waals surface area contributed by atoms with Crippen LogP contribution in [0.2, 0.25) is 0 Å². The smallest absolute Gasteiger partial charge is 0.335 e. The standard InChI is InChI=1S/C23H18FN5O4/c24-17-7-3-15(4-8-17)12-25-21(30)18-11-19(29-20(28-18)9-10-27-29)22(31)26-13-14-1-5-16(6-2-14)23(32)33/h1-11H,12-13H2,(H,25,30)(H,26,31)(H,32,33). The van der Waals surface area contributed by atoms with Gasteiger partial charge in [-0.2, -0.15) is 5.10 Å². The summed E-state index contributed by atoms with van der Waals surface area (Å²) in [6.07, 6.45) is 1.46. The SMILES string of the molecule is O=C(O)c1ccc(CNC(=O)c2cc(C(=O)NCc3ccc(F)cc3)nc3ccnn23)cc1. The number of aromatic nitrogens is 3. The van der Waals surface area contributed by atoms with Crippen molar-refractivity contribution in [1.82, 2.24) is 25.2 Å². The Labute approximate surface area is 186 Å². The average molecular weight is 447 g/mol.